The van der Waals surface area contributed by atoms with E-state index in [-0.39, 0.29) is 11.5 Å². The van der Waals surface area contributed by atoms with Crippen LogP contribution in [0, 0.1) is 13.8 Å². The summed E-state index contributed by atoms with van der Waals surface area (Å²) >= 11 is 1.65. The molecule has 0 aliphatic heterocycles. The number of carbonyl (C=O) groups excluding carboxylic acids is 1. The van der Waals surface area contributed by atoms with Gasteiger partial charge < -0.3 is 10.1 Å². The van der Waals surface area contributed by atoms with E-state index in [0.717, 1.165) is 22.9 Å². The lowest BCUT2D eigenvalue weighted by molar-refractivity contribution is -0.115. The van der Waals surface area contributed by atoms with Gasteiger partial charge in [0.25, 0.3) is 5.56 Å². The number of aryl methyl sites for hydroxylation is 1. The number of hydrogen-bond acceptors (Lipinski definition) is 4. The number of rotatable bonds is 9. The van der Waals surface area contributed by atoms with Gasteiger partial charge in [-0.2, -0.15) is 11.8 Å². The number of para-hydroxylation sites is 1. The molecule has 0 fully saturated rings. The number of benzene rings is 2. The second-order valence-electron chi connectivity index (χ2n) is 7.01. The maximum Gasteiger partial charge on any atom is 0.295 e. The number of nitrogens with zero attached hydrogens (tertiary/aromatic N) is 2. The molecule has 2 aromatic carbocycles. The van der Waals surface area contributed by atoms with E-state index in [2.05, 4.69) is 5.32 Å². The van der Waals surface area contributed by atoms with Crippen molar-refractivity contribution in [3.05, 3.63) is 76.2 Å². The average molecular weight is 426 g/mol. The SMILES string of the molecule is Cc1ccc(OCCSCCC(=O)Nc2c(C)n(C)n(-c3ccccc3)c2=O)cc1. The van der Waals surface area contributed by atoms with Crippen molar-refractivity contribution in [3.8, 4) is 11.4 Å². The van der Waals surface area contributed by atoms with E-state index < -0.39 is 0 Å². The zero-order chi connectivity index (χ0) is 21.5. The molecule has 0 spiro atoms. The number of ether oxygens (including phenoxy) is 1. The Labute approximate surface area is 180 Å². The summed E-state index contributed by atoms with van der Waals surface area (Å²) in [5.74, 6) is 2.16. The van der Waals surface area contributed by atoms with E-state index in [0.29, 0.717) is 24.5 Å². The van der Waals surface area contributed by atoms with E-state index in [1.165, 1.54) is 5.56 Å². The first-order valence-corrected chi connectivity index (χ1v) is 11.0. The Morgan fingerprint density at radius 2 is 1.73 bits per heavy atom. The Morgan fingerprint density at radius 3 is 2.43 bits per heavy atom. The lowest BCUT2D eigenvalue weighted by atomic mass is 10.2. The van der Waals surface area contributed by atoms with Crippen LogP contribution < -0.4 is 15.6 Å². The third-order valence-corrected chi connectivity index (χ3v) is 5.76. The van der Waals surface area contributed by atoms with Crippen molar-refractivity contribution < 1.29 is 9.53 Å². The van der Waals surface area contributed by atoms with Crippen molar-refractivity contribution in [3.63, 3.8) is 0 Å². The zero-order valence-electron chi connectivity index (χ0n) is 17.6. The first-order chi connectivity index (χ1) is 14.5. The van der Waals surface area contributed by atoms with Crippen molar-refractivity contribution in [2.75, 3.05) is 23.4 Å². The summed E-state index contributed by atoms with van der Waals surface area (Å²) in [7, 11) is 1.81. The summed E-state index contributed by atoms with van der Waals surface area (Å²) in [5, 5.41) is 2.79. The molecule has 6 nitrogen and oxygen atoms in total. The van der Waals surface area contributed by atoms with Crippen LogP contribution in [0.4, 0.5) is 5.69 Å². The van der Waals surface area contributed by atoms with Crippen LogP contribution in [0.15, 0.2) is 59.4 Å². The third kappa shape index (κ3) is 5.36. The van der Waals surface area contributed by atoms with Gasteiger partial charge in [-0.15, -0.1) is 0 Å². The molecule has 7 heteroatoms. The number of hydrogen-bond donors (Lipinski definition) is 1. The Kier molecular flexibility index (Phi) is 7.41. The Morgan fingerprint density at radius 1 is 1.03 bits per heavy atom. The molecule has 3 rings (SSSR count). The van der Waals surface area contributed by atoms with E-state index in [1.54, 1.807) is 21.1 Å². The van der Waals surface area contributed by atoms with Crippen molar-refractivity contribution >= 4 is 23.4 Å². The van der Waals surface area contributed by atoms with Gasteiger partial charge in [-0.05, 0) is 38.1 Å². The van der Waals surface area contributed by atoms with Crippen molar-refractivity contribution in [2.45, 2.75) is 20.3 Å². The lowest BCUT2D eigenvalue weighted by Gasteiger charge is -2.07. The fraction of sp³-hybridized carbons (Fsp3) is 0.304. The van der Waals surface area contributed by atoms with Crippen molar-refractivity contribution in [2.24, 2.45) is 7.05 Å². The molecule has 0 aliphatic rings. The van der Waals surface area contributed by atoms with E-state index >= 15 is 0 Å². The topological polar surface area (TPSA) is 65.3 Å². The number of carbonyl (C=O) groups is 1. The van der Waals surface area contributed by atoms with Crippen LogP contribution in [-0.2, 0) is 11.8 Å². The second kappa shape index (κ2) is 10.2. The highest BCUT2D eigenvalue weighted by molar-refractivity contribution is 7.99. The maximum absolute atomic E-state index is 12.8. The number of thioether (sulfide) groups is 1. The molecule has 0 unspecified atom stereocenters. The Balaban J connectivity index is 1.47. The van der Waals surface area contributed by atoms with Gasteiger partial charge in [0.15, 0.2) is 0 Å². The smallest absolute Gasteiger partial charge is 0.295 e. The van der Waals surface area contributed by atoms with Gasteiger partial charge in [-0.25, -0.2) is 4.68 Å². The quantitative estimate of drug-likeness (QED) is 0.528. The molecule has 158 valence electrons. The number of anilines is 1. The standard InChI is InChI=1S/C23H27N3O3S/c1-17-9-11-20(12-10-17)29-14-16-30-15-13-21(27)24-22-18(2)25(3)26(23(22)28)19-7-5-4-6-8-19/h4-12H,13-16H2,1-3H3,(H,24,27). The molecule has 0 atom stereocenters. The number of aromatic nitrogens is 2. The second-order valence-corrected chi connectivity index (χ2v) is 8.23. The number of amides is 1. The summed E-state index contributed by atoms with van der Waals surface area (Å²) in [6, 6.07) is 17.3. The lowest BCUT2D eigenvalue weighted by Crippen LogP contribution is -2.23. The van der Waals surface area contributed by atoms with Crippen LogP contribution >= 0.6 is 11.8 Å². The minimum atomic E-state index is -0.228. The van der Waals surface area contributed by atoms with Gasteiger partial charge in [-0.3, -0.25) is 14.3 Å². The van der Waals surface area contributed by atoms with Crippen LogP contribution in [0.25, 0.3) is 5.69 Å². The van der Waals surface area contributed by atoms with Crippen LogP contribution in [0.2, 0.25) is 0 Å². The summed E-state index contributed by atoms with van der Waals surface area (Å²) in [5.41, 5.74) is 2.79. The molecule has 1 amide bonds. The highest BCUT2D eigenvalue weighted by Gasteiger charge is 2.17. The van der Waals surface area contributed by atoms with Crippen LogP contribution in [0.3, 0.4) is 0 Å². The van der Waals surface area contributed by atoms with Crippen LogP contribution in [0.5, 0.6) is 5.75 Å². The van der Waals surface area contributed by atoms with Gasteiger partial charge in [0, 0.05) is 25.0 Å². The monoisotopic (exact) mass is 425 g/mol. The average Bonchev–Trinajstić information content (AvgIpc) is 2.95. The molecule has 0 radical (unpaired) electrons. The predicted molar refractivity (Wildman–Crippen MR) is 123 cm³/mol. The molecular formula is C23H27N3O3S. The van der Waals surface area contributed by atoms with Gasteiger partial charge >= 0.3 is 0 Å². The number of nitrogens with one attached hydrogen (secondary N) is 1. The Hall–Kier alpha value is -2.93. The molecule has 1 aromatic heterocycles. The van der Waals surface area contributed by atoms with Crippen LogP contribution in [-0.4, -0.2) is 33.4 Å². The molecular weight excluding hydrogens is 398 g/mol. The predicted octanol–water partition coefficient (Wildman–Crippen LogP) is 3.93. The van der Waals surface area contributed by atoms with Gasteiger partial charge in [0.05, 0.1) is 18.0 Å². The fourth-order valence-electron chi connectivity index (χ4n) is 3.03. The highest BCUT2D eigenvalue weighted by atomic mass is 32.2. The van der Waals surface area contributed by atoms with E-state index in [4.69, 9.17) is 4.74 Å². The van der Waals surface area contributed by atoms with Crippen molar-refractivity contribution in [1.82, 2.24) is 9.36 Å². The summed E-state index contributed by atoms with van der Waals surface area (Å²) in [4.78, 5) is 25.2. The zero-order valence-corrected chi connectivity index (χ0v) is 18.4. The molecule has 0 saturated carbocycles. The Bertz CT molecular complexity index is 1040. The highest BCUT2D eigenvalue weighted by Crippen LogP contribution is 2.15. The van der Waals surface area contributed by atoms with E-state index in [1.807, 2.05) is 75.5 Å². The van der Waals surface area contributed by atoms with Gasteiger partial charge in [0.1, 0.15) is 11.4 Å². The molecule has 3 aromatic rings. The first-order valence-electron chi connectivity index (χ1n) is 9.88. The molecule has 0 saturated heterocycles. The van der Waals surface area contributed by atoms with Gasteiger partial charge in [-0.1, -0.05) is 35.9 Å². The van der Waals surface area contributed by atoms with Gasteiger partial charge in [0.2, 0.25) is 5.91 Å². The van der Waals surface area contributed by atoms with E-state index in [9.17, 15) is 9.59 Å². The van der Waals surface area contributed by atoms with Crippen LogP contribution in [0.1, 0.15) is 17.7 Å². The van der Waals surface area contributed by atoms with Crippen molar-refractivity contribution in [1.29, 1.82) is 0 Å². The first kappa shape index (κ1) is 21.8. The molecule has 30 heavy (non-hydrogen) atoms. The molecule has 0 aliphatic carbocycles. The largest absolute Gasteiger partial charge is 0.493 e. The molecule has 1 N–H and O–H groups in total. The third-order valence-electron chi connectivity index (χ3n) is 4.81. The maximum atomic E-state index is 12.8. The minimum Gasteiger partial charge on any atom is -0.493 e. The summed E-state index contributed by atoms with van der Waals surface area (Å²) < 4.78 is 9.00. The molecule has 1 heterocycles. The normalized spacial score (nSPS) is 10.8. The fourth-order valence-corrected chi connectivity index (χ4v) is 3.77. The molecule has 0 bridgehead atoms. The minimum absolute atomic E-state index is 0.159. The summed E-state index contributed by atoms with van der Waals surface area (Å²) in [6.07, 6.45) is 0.342. The summed E-state index contributed by atoms with van der Waals surface area (Å²) in [6.45, 7) is 4.46.